The Morgan fingerprint density at radius 3 is 2.33 bits per heavy atom. The number of carbonyl (C=O) groups is 1. The Kier molecular flexibility index (Phi) is 7.34. The Balaban J connectivity index is 3.85. The van der Waals surface area contributed by atoms with Crippen LogP contribution in [0.4, 0.5) is 0 Å². The zero-order chi connectivity index (χ0) is 11.8. The number of hydrogen-bond donors (Lipinski definition) is 1. The SMILES string of the molecule is CCN(CCCN(C)C)C(=O)CC(C)N. The molecule has 15 heavy (non-hydrogen) atoms. The molecule has 2 N–H and O–H groups in total. The third-order valence-electron chi connectivity index (χ3n) is 2.26. The molecule has 4 nitrogen and oxygen atoms in total. The first-order valence-corrected chi connectivity index (χ1v) is 5.65. The van der Waals surface area contributed by atoms with E-state index in [1.807, 2.05) is 32.8 Å². The van der Waals surface area contributed by atoms with Gasteiger partial charge in [0.2, 0.25) is 5.91 Å². The highest BCUT2D eigenvalue weighted by Gasteiger charge is 2.12. The van der Waals surface area contributed by atoms with Gasteiger partial charge in [0.25, 0.3) is 0 Å². The van der Waals surface area contributed by atoms with E-state index in [1.54, 1.807) is 0 Å². The maximum absolute atomic E-state index is 11.7. The van der Waals surface area contributed by atoms with Crippen molar-refractivity contribution in [2.24, 2.45) is 5.73 Å². The predicted octanol–water partition coefficient (Wildman–Crippen LogP) is 0.524. The van der Waals surface area contributed by atoms with Crippen molar-refractivity contribution in [3.05, 3.63) is 0 Å². The molecule has 0 bridgehead atoms. The molecule has 0 fully saturated rings. The Morgan fingerprint density at radius 1 is 1.33 bits per heavy atom. The molecule has 0 radical (unpaired) electrons. The van der Waals surface area contributed by atoms with Crippen LogP contribution in [-0.2, 0) is 4.79 Å². The summed E-state index contributed by atoms with van der Waals surface area (Å²) in [7, 11) is 4.08. The molecule has 1 unspecified atom stereocenters. The van der Waals surface area contributed by atoms with Gasteiger partial charge in [0, 0.05) is 25.6 Å². The topological polar surface area (TPSA) is 49.6 Å². The average molecular weight is 215 g/mol. The summed E-state index contributed by atoms with van der Waals surface area (Å²) < 4.78 is 0. The fourth-order valence-electron chi connectivity index (χ4n) is 1.44. The summed E-state index contributed by atoms with van der Waals surface area (Å²) in [6, 6.07) is -0.0413. The molecule has 1 atom stereocenters. The van der Waals surface area contributed by atoms with E-state index >= 15 is 0 Å². The van der Waals surface area contributed by atoms with Crippen molar-refractivity contribution >= 4 is 5.91 Å². The van der Waals surface area contributed by atoms with Crippen molar-refractivity contribution in [1.82, 2.24) is 9.80 Å². The molecule has 0 rings (SSSR count). The summed E-state index contributed by atoms with van der Waals surface area (Å²) in [5.74, 6) is 0.172. The highest BCUT2D eigenvalue weighted by atomic mass is 16.2. The van der Waals surface area contributed by atoms with Crippen LogP contribution in [0.3, 0.4) is 0 Å². The highest BCUT2D eigenvalue weighted by molar-refractivity contribution is 5.76. The molecular formula is C11H25N3O. The minimum Gasteiger partial charge on any atom is -0.343 e. The van der Waals surface area contributed by atoms with Gasteiger partial charge in [-0.05, 0) is 40.9 Å². The van der Waals surface area contributed by atoms with Crippen LogP contribution in [-0.4, -0.2) is 55.5 Å². The second kappa shape index (κ2) is 7.65. The molecule has 0 aromatic carbocycles. The average Bonchev–Trinajstić information content (AvgIpc) is 2.10. The smallest absolute Gasteiger partial charge is 0.224 e. The van der Waals surface area contributed by atoms with E-state index in [0.717, 1.165) is 26.1 Å². The monoisotopic (exact) mass is 215 g/mol. The summed E-state index contributed by atoms with van der Waals surface area (Å²) in [5.41, 5.74) is 5.61. The first-order valence-electron chi connectivity index (χ1n) is 5.65. The van der Waals surface area contributed by atoms with Gasteiger partial charge in [-0.1, -0.05) is 0 Å². The number of nitrogens with zero attached hydrogens (tertiary/aromatic N) is 2. The van der Waals surface area contributed by atoms with Crippen LogP contribution in [0.15, 0.2) is 0 Å². The standard InChI is InChI=1S/C11H25N3O/c1-5-14(8-6-7-13(3)4)11(15)9-10(2)12/h10H,5-9,12H2,1-4H3. The van der Waals surface area contributed by atoms with Gasteiger partial charge in [0.1, 0.15) is 0 Å². The predicted molar refractivity (Wildman–Crippen MR) is 63.7 cm³/mol. The molecule has 0 heterocycles. The van der Waals surface area contributed by atoms with Crippen LogP contribution in [0.25, 0.3) is 0 Å². The second-order valence-electron chi connectivity index (χ2n) is 4.31. The molecule has 0 saturated carbocycles. The van der Waals surface area contributed by atoms with Gasteiger partial charge < -0.3 is 15.5 Å². The summed E-state index contributed by atoms with van der Waals surface area (Å²) in [6.45, 7) is 6.50. The third-order valence-corrected chi connectivity index (χ3v) is 2.26. The Labute approximate surface area is 93.4 Å². The molecule has 0 aliphatic heterocycles. The van der Waals surface area contributed by atoms with Crippen LogP contribution in [0.5, 0.6) is 0 Å². The number of hydrogen-bond acceptors (Lipinski definition) is 3. The summed E-state index contributed by atoms with van der Waals surface area (Å²) in [4.78, 5) is 15.7. The second-order valence-corrected chi connectivity index (χ2v) is 4.31. The maximum Gasteiger partial charge on any atom is 0.224 e. The van der Waals surface area contributed by atoms with Crippen LogP contribution >= 0.6 is 0 Å². The first-order chi connectivity index (χ1) is 6.97. The zero-order valence-corrected chi connectivity index (χ0v) is 10.5. The van der Waals surface area contributed by atoms with E-state index in [4.69, 9.17) is 5.73 Å². The van der Waals surface area contributed by atoms with Crippen molar-refractivity contribution in [3.63, 3.8) is 0 Å². The Bertz CT molecular complexity index is 181. The van der Waals surface area contributed by atoms with Crippen molar-refractivity contribution < 1.29 is 4.79 Å². The lowest BCUT2D eigenvalue weighted by atomic mass is 10.2. The van der Waals surface area contributed by atoms with Gasteiger partial charge in [0.15, 0.2) is 0 Å². The number of rotatable bonds is 7. The summed E-state index contributed by atoms with van der Waals surface area (Å²) in [6.07, 6.45) is 1.47. The molecule has 1 amide bonds. The van der Waals surface area contributed by atoms with Gasteiger partial charge in [-0.15, -0.1) is 0 Å². The van der Waals surface area contributed by atoms with Crippen LogP contribution < -0.4 is 5.73 Å². The molecule has 90 valence electrons. The lowest BCUT2D eigenvalue weighted by Gasteiger charge is -2.22. The van der Waals surface area contributed by atoms with E-state index in [-0.39, 0.29) is 11.9 Å². The van der Waals surface area contributed by atoms with Gasteiger partial charge in [-0.25, -0.2) is 0 Å². The first kappa shape index (κ1) is 14.4. The molecule has 0 aromatic heterocycles. The van der Waals surface area contributed by atoms with Crippen LogP contribution in [0, 0.1) is 0 Å². The van der Waals surface area contributed by atoms with E-state index in [2.05, 4.69) is 4.90 Å². The number of carbonyl (C=O) groups excluding carboxylic acids is 1. The molecule has 0 saturated heterocycles. The largest absolute Gasteiger partial charge is 0.343 e. The molecule has 0 aromatic rings. The molecular weight excluding hydrogens is 190 g/mol. The van der Waals surface area contributed by atoms with Gasteiger partial charge >= 0.3 is 0 Å². The lowest BCUT2D eigenvalue weighted by molar-refractivity contribution is -0.131. The minimum absolute atomic E-state index is 0.0413. The Morgan fingerprint density at radius 2 is 1.93 bits per heavy atom. The van der Waals surface area contributed by atoms with Gasteiger partial charge in [0.05, 0.1) is 0 Å². The fourth-order valence-corrected chi connectivity index (χ4v) is 1.44. The molecule has 0 spiro atoms. The third kappa shape index (κ3) is 7.33. The minimum atomic E-state index is -0.0413. The van der Waals surface area contributed by atoms with Crippen molar-refractivity contribution in [2.75, 3.05) is 33.7 Å². The lowest BCUT2D eigenvalue weighted by Crippen LogP contribution is -2.36. The van der Waals surface area contributed by atoms with E-state index in [9.17, 15) is 4.79 Å². The normalized spacial score (nSPS) is 12.9. The van der Waals surface area contributed by atoms with Gasteiger partial charge in [-0.2, -0.15) is 0 Å². The zero-order valence-electron chi connectivity index (χ0n) is 10.5. The molecule has 4 heteroatoms. The summed E-state index contributed by atoms with van der Waals surface area (Å²) >= 11 is 0. The molecule has 0 aliphatic carbocycles. The quantitative estimate of drug-likeness (QED) is 0.674. The summed E-state index contributed by atoms with van der Waals surface area (Å²) in [5, 5.41) is 0. The molecule has 0 aliphatic rings. The number of amides is 1. The van der Waals surface area contributed by atoms with Crippen LogP contribution in [0.2, 0.25) is 0 Å². The van der Waals surface area contributed by atoms with Crippen molar-refractivity contribution in [2.45, 2.75) is 32.7 Å². The van der Waals surface area contributed by atoms with E-state index < -0.39 is 0 Å². The van der Waals surface area contributed by atoms with E-state index in [1.165, 1.54) is 0 Å². The Hall–Kier alpha value is -0.610. The highest BCUT2D eigenvalue weighted by Crippen LogP contribution is 1.99. The van der Waals surface area contributed by atoms with Crippen LogP contribution in [0.1, 0.15) is 26.7 Å². The fraction of sp³-hybridized carbons (Fsp3) is 0.909. The maximum atomic E-state index is 11.7. The van der Waals surface area contributed by atoms with Gasteiger partial charge in [-0.3, -0.25) is 4.79 Å². The number of nitrogens with two attached hydrogens (primary N) is 1. The van der Waals surface area contributed by atoms with Crippen molar-refractivity contribution in [1.29, 1.82) is 0 Å². The van der Waals surface area contributed by atoms with Crippen molar-refractivity contribution in [3.8, 4) is 0 Å². The van der Waals surface area contributed by atoms with E-state index in [0.29, 0.717) is 6.42 Å².